The Morgan fingerprint density at radius 2 is 2.33 bits per heavy atom. The lowest BCUT2D eigenvalue weighted by atomic mass is 10.1. The minimum atomic E-state index is 0.203. The van der Waals surface area contributed by atoms with Crippen molar-refractivity contribution in [3.63, 3.8) is 0 Å². The lowest BCUT2D eigenvalue weighted by Crippen LogP contribution is -2.41. The smallest absolute Gasteiger partial charge is 0.193 e. The molecule has 0 aliphatic carbocycles. The van der Waals surface area contributed by atoms with Crippen molar-refractivity contribution < 1.29 is 4.74 Å². The quantitative estimate of drug-likeness (QED) is 0.837. The highest BCUT2D eigenvalue weighted by Gasteiger charge is 2.18. The molecule has 0 saturated carbocycles. The van der Waals surface area contributed by atoms with Gasteiger partial charge in [-0.25, -0.2) is 4.98 Å². The monoisotopic (exact) mass is 267 g/mol. The Bertz CT molecular complexity index is 451. The van der Waals surface area contributed by atoms with E-state index in [9.17, 15) is 0 Å². The molecule has 0 aliphatic rings. The topological polar surface area (TPSA) is 38.6 Å². The van der Waals surface area contributed by atoms with E-state index in [4.69, 9.17) is 4.74 Å². The molecular weight excluding hydrogens is 246 g/mol. The number of nitrogens with one attached hydrogen (secondary N) is 1. The van der Waals surface area contributed by atoms with Crippen molar-refractivity contribution in [1.29, 1.82) is 0 Å². The average Bonchev–Trinajstić information content (AvgIpc) is 2.89. The van der Waals surface area contributed by atoms with Crippen LogP contribution in [0.1, 0.15) is 26.5 Å². The summed E-state index contributed by atoms with van der Waals surface area (Å²) in [6.07, 6.45) is 5.26. The molecule has 2 aromatic rings. The second-order valence-electron chi connectivity index (χ2n) is 4.35. The Balaban J connectivity index is 2.05. The Labute approximate surface area is 112 Å². The first-order valence-electron chi connectivity index (χ1n) is 6.50. The Kier molecular flexibility index (Phi) is 4.74. The van der Waals surface area contributed by atoms with E-state index < -0.39 is 0 Å². The van der Waals surface area contributed by atoms with Crippen LogP contribution in [-0.2, 0) is 11.2 Å². The van der Waals surface area contributed by atoms with Crippen molar-refractivity contribution in [2.45, 2.75) is 39.3 Å². The van der Waals surface area contributed by atoms with Crippen molar-refractivity contribution >= 4 is 16.3 Å². The third-order valence-electron chi connectivity index (χ3n) is 3.03. The predicted octanol–water partition coefficient (Wildman–Crippen LogP) is 2.34. The number of fused-ring (bicyclic) bond motifs is 1. The van der Waals surface area contributed by atoms with Gasteiger partial charge in [0.25, 0.3) is 0 Å². The van der Waals surface area contributed by atoms with Gasteiger partial charge in [-0.15, -0.1) is 11.3 Å². The first kappa shape index (κ1) is 13.5. The number of nitrogens with zero attached hydrogens (tertiary/aromatic N) is 2. The molecular formula is C13H21N3OS. The molecule has 100 valence electrons. The highest BCUT2D eigenvalue weighted by Crippen LogP contribution is 2.14. The van der Waals surface area contributed by atoms with Gasteiger partial charge in [0.2, 0.25) is 0 Å². The van der Waals surface area contributed by atoms with Gasteiger partial charge in [0.1, 0.15) is 0 Å². The van der Waals surface area contributed by atoms with Crippen molar-refractivity contribution in [3.05, 3.63) is 23.5 Å². The molecule has 18 heavy (non-hydrogen) atoms. The van der Waals surface area contributed by atoms with Gasteiger partial charge in [0, 0.05) is 36.8 Å². The fourth-order valence-corrected chi connectivity index (χ4v) is 2.86. The van der Waals surface area contributed by atoms with Crippen LogP contribution in [0.5, 0.6) is 0 Å². The molecule has 0 aliphatic heterocycles. The number of likely N-dealkylation sites (N-methyl/N-ethyl adjacent to an activating group) is 1. The largest absolute Gasteiger partial charge is 0.377 e. The minimum absolute atomic E-state index is 0.203. The first-order chi connectivity index (χ1) is 8.74. The Morgan fingerprint density at radius 1 is 1.50 bits per heavy atom. The van der Waals surface area contributed by atoms with Gasteiger partial charge in [-0.1, -0.05) is 6.92 Å². The van der Waals surface area contributed by atoms with E-state index in [-0.39, 0.29) is 6.10 Å². The van der Waals surface area contributed by atoms with Gasteiger partial charge >= 0.3 is 0 Å². The number of thiazole rings is 1. The first-order valence-corrected chi connectivity index (χ1v) is 7.38. The molecule has 0 fully saturated rings. The van der Waals surface area contributed by atoms with Crippen molar-refractivity contribution in [2.75, 3.05) is 13.2 Å². The highest BCUT2D eigenvalue weighted by atomic mass is 32.1. The third-order valence-corrected chi connectivity index (χ3v) is 3.81. The summed E-state index contributed by atoms with van der Waals surface area (Å²) in [6.45, 7) is 7.98. The van der Waals surface area contributed by atoms with Crippen LogP contribution in [0, 0.1) is 0 Å². The highest BCUT2D eigenvalue weighted by molar-refractivity contribution is 7.15. The second kappa shape index (κ2) is 6.31. The zero-order valence-electron chi connectivity index (χ0n) is 11.2. The van der Waals surface area contributed by atoms with Gasteiger partial charge in [-0.2, -0.15) is 0 Å². The molecule has 2 rings (SSSR count). The third kappa shape index (κ3) is 3.10. The van der Waals surface area contributed by atoms with Gasteiger partial charge in [-0.05, 0) is 20.4 Å². The summed E-state index contributed by atoms with van der Waals surface area (Å²) in [4.78, 5) is 5.68. The Morgan fingerprint density at radius 3 is 3.00 bits per heavy atom. The molecule has 2 atom stereocenters. The number of ether oxygens (including phenoxy) is 1. The van der Waals surface area contributed by atoms with Crippen LogP contribution in [0.4, 0.5) is 0 Å². The molecule has 0 saturated heterocycles. The van der Waals surface area contributed by atoms with E-state index >= 15 is 0 Å². The second-order valence-corrected chi connectivity index (χ2v) is 5.23. The van der Waals surface area contributed by atoms with Crippen molar-refractivity contribution in [2.24, 2.45) is 0 Å². The zero-order valence-corrected chi connectivity index (χ0v) is 12.0. The van der Waals surface area contributed by atoms with Crippen LogP contribution in [0.25, 0.3) is 4.96 Å². The summed E-state index contributed by atoms with van der Waals surface area (Å²) in [7, 11) is 0. The minimum Gasteiger partial charge on any atom is -0.377 e. The van der Waals surface area contributed by atoms with E-state index in [2.05, 4.69) is 40.1 Å². The fourth-order valence-electron chi connectivity index (χ4n) is 2.15. The number of aromatic nitrogens is 2. The summed E-state index contributed by atoms with van der Waals surface area (Å²) >= 11 is 1.67. The van der Waals surface area contributed by atoms with E-state index in [0.717, 1.165) is 30.2 Å². The molecule has 1 N–H and O–H groups in total. The summed E-state index contributed by atoms with van der Waals surface area (Å²) in [5, 5.41) is 5.53. The standard InChI is InChI=1S/C13H21N3OS/c1-4-14-12(10(3)17-5-2)8-11-9-16-6-7-18-13(16)15-11/h6-7,9-10,12,14H,4-5,8H2,1-3H3. The summed E-state index contributed by atoms with van der Waals surface area (Å²) < 4.78 is 7.77. The lowest BCUT2D eigenvalue weighted by Gasteiger charge is -2.23. The van der Waals surface area contributed by atoms with E-state index in [1.165, 1.54) is 0 Å². The van der Waals surface area contributed by atoms with Crippen LogP contribution in [-0.4, -0.2) is 34.7 Å². The van der Waals surface area contributed by atoms with Crippen LogP contribution in [0.2, 0.25) is 0 Å². The van der Waals surface area contributed by atoms with Gasteiger partial charge in [0.05, 0.1) is 11.8 Å². The van der Waals surface area contributed by atoms with E-state index in [0.29, 0.717) is 6.04 Å². The average molecular weight is 267 g/mol. The van der Waals surface area contributed by atoms with Crippen LogP contribution in [0.3, 0.4) is 0 Å². The van der Waals surface area contributed by atoms with E-state index in [1.54, 1.807) is 11.3 Å². The molecule has 0 bridgehead atoms. The number of imidazole rings is 1. The molecule has 0 amide bonds. The summed E-state index contributed by atoms with van der Waals surface area (Å²) in [6, 6.07) is 0.319. The van der Waals surface area contributed by atoms with Gasteiger partial charge < -0.3 is 10.1 Å². The Hall–Kier alpha value is -0.910. The lowest BCUT2D eigenvalue weighted by molar-refractivity contribution is 0.0478. The maximum Gasteiger partial charge on any atom is 0.193 e. The SMILES string of the molecule is CCNC(Cc1cn2ccsc2n1)C(C)OCC. The number of hydrogen-bond donors (Lipinski definition) is 1. The molecule has 0 aromatic carbocycles. The molecule has 0 spiro atoms. The maximum absolute atomic E-state index is 5.69. The number of hydrogen-bond acceptors (Lipinski definition) is 4. The fraction of sp³-hybridized carbons (Fsp3) is 0.615. The number of rotatable bonds is 7. The van der Waals surface area contributed by atoms with Crippen molar-refractivity contribution in [1.82, 2.24) is 14.7 Å². The van der Waals surface area contributed by atoms with E-state index in [1.807, 2.05) is 13.1 Å². The van der Waals surface area contributed by atoms with Gasteiger partial charge in [-0.3, -0.25) is 4.40 Å². The zero-order chi connectivity index (χ0) is 13.0. The normalized spacial score (nSPS) is 15.1. The maximum atomic E-state index is 5.69. The molecule has 2 aromatic heterocycles. The summed E-state index contributed by atoms with van der Waals surface area (Å²) in [5.74, 6) is 0. The molecule has 0 radical (unpaired) electrons. The molecule has 4 nitrogen and oxygen atoms in total. The predicted molar refractivity (Wildman–Crippen MR) is 75.3 cm³/mol. The van der Waals surface area contributed by atoms with Crippen LogP contribution >= 0.6 is 11.3 Å². The molecule has 2 heterocycles. The van der Waals surface area contributed by atoms with Crippen molar-refractivity contribution in [3.8, 4) is 0 Å². The summed E-state index contributed by atoms with van der Waals surface area (Å²) in [5.41, 5.74) is 1.12. The molecule has 2 unspecified atom stereocenters. The van der Waals surface area contributed by atoms with Gasteiger partial charge in [0.15, 0.2) is 4.96 Å². The van der Waals surface area contributed by atoms with Crippen LogP contribution < -0.4 is 5.32 Å². The van der Waals surface area contributed by atoms with Crippen LogP contribution in [0.15, 0.2) is 17.8 Å². The molecule has 5 heteroatoms.